The minimum Gasteiger partial charge on any atom is -0.391 e. The number of halogens is 1. The summed E-state index contributed by atoms with van der Waals surface area (Å²) in [6.45, 7) is 1.16. The van der Waals surface area contributed by atoms with Gasteiger partial charge in [0.1, 0.15) is 29.0 Å². The quantitative estimate of drug-likeness (QED) is 0.513. The van der Waals surface area contributed by atoms with Crippen molar-refractivity contribution in [3.05, 3.63) is 65.8 Å². The van der Waals surface area contributed by atoms with Crippen molar-refractivity contribution in [2.24, 2.45) is 0 Å². The van der Waals surface area contributed by atoms with E-state index in [4.69, 9.17) is 11.6 Å². The number of aliphatic hydroxyl groups excluding tert-OH is 1. The number of nitrogens with zero attached hydrogens (tertiary/aromatic N) is 6. The second-order valence-corrected chi connectivity index (χ2v) is 7.56. The highest BCUT2D eigenvalue weighted by Crippen LogP contribution is 2.36. The minimum atomic E-state index is -0.391. The van der Waals surface area contributed by atoms with E-state index in [2.05, 4.69) is 21.0 Å². The number of para-hydroxylation sites is 1. The largest absolute Gasteiger partial charge is 0.391 e. The van der Waals surface area contributed by atoms with Crippen LogP contribution < -0.4 is 4.90 Å². The molecule has 4 heterocycles. The number of β-amino-alcohol motifs (C(OH)–C–C–N with tert-alkyl or cyclic N) is 1. The van der Waals surface area contributed by atoms with E-state index in [1.54, 1.807) is 12.3 Å². The number of pyridine rings is 1. The molecule has 5 rings (SSSR count). The van der Waals surface area contributed by atoms with Gasteiger partial charge in [0.2, 0.25) is 0 Å². The van der Waals surface area contributed by atoms with Crippen molar-refractivity contribution in [1.29, 1.82) is 5.26 Å². The summed E-state index contributed by atoms with van der Waals surface area (Å²) in [6.07, 6.45) is 5.39. The Morgan fingerprint density at radius 3 is 2.73 bits per heavy atom. The van der Waals surface area contributed by atoms with Gasteiger partial charge in [0.15, 0.2) is 0 Å². The lowest BCUT2D eigenvalue weighted by atomic mass is 10.1. The Morgan fingerprint density at radius 1 is 1.17 bits per heavy atom. The van der Waals surface area contributed by atoms with Crippen LogP contribution in [-0.2, 0) is 0 Å². The Hall–Kier alpha value is -3.47. The summed E-state index contributed by atoms with van der Waals surface area (Å²) in [5.41, 5.74) is 3.64. The average Bonchev–Trinajstić information content (AvgIpc) is 3.38. The van der Waals surface area contributed by atoms with Crippen LogP contribution in [0.3, 0.4) is 0 Å². The third-order valence-electron chi connectivity index (χ3n) is 5.33. The third kappa shape index (κ3) is 3.07. The van der Waals surface area contributed by atoms with Crippen molar-refractivity contribution in [1.82, 2.24) is 19.5 Å². The summed E-state index contributed by atoms with van der Waals surface area (Å²) >= 11 is 6.45. The fourth-order valence-corrected chi connectivity index (χ4v) is 4.13. The summed E-state index contributed by atoms with van der Waals surface area (Å²) in [4.78, 5) is 15.1. The SMILES string of the molecule is N#Cc1cc(-c2cn(-c3ccccc3)c3ncnc(Cl)c23)cnc1N1CC[C@H](O)C1. The second kappa shape index (κ2) is 7.41. The van der Waals surface area contributed by atoms with E-state index < -0.39 is 6.10 Å². The molecule has 4 aromatic rings. The first-order valence-corrected chi connectivity index (χ1v) is 9.94. The molecule has 1 N–H and O–H groups in total. The Labute approximate surface area is 177 Å². The van der Waals surface area contributed by atoms with E-state index in [9.17, 15) is 10.4 Å². The molecule has 0 amide bonds. The predicted octanol–water partition coefficient (Wildman–Crippen LogP) is 3.58. The van der Waals surface area contributed by atoms with Gasteiger partial charge in [-0.2, -0.15) is 5.26 Å². The normalized spacial score (nSPS) is 16.2. The lowest BCUT2D eigenvalue weighted by Gasteiger charge is -2.18. The van der Waals surface area contributed by atoms with Gasteiger partial charge in [-0.1, -0.05) is 29.8 Å². The maximum Gasteiger partial charge on any atom is 0.150 e. The average molecular weight is 417 g/mol. The fraction of sp³-hybridized carbons (Fsp3) is 0.182. The van der Waals surface area contributed by atoms with Crippen LogP contribution in [0.5, 0.6) is 0 Å². The molecule has 0 spiro atoms. The van der Waals surface area contributed by atoms with Crippen LogP contribution in [-0.4, -0.2) is 43.8 Å². The summed E-state index contributed by atoms with van der Waals surface area (Å²) in [5, 5.41) is 20.6. The smallest absolute Gasteiger partial charge is 0.150 e. The van der Waals surface area contributed by atoms with E-state index in [0.29, 0.717) is 47.1 Å². The lowest BCUT2D eigenvalue weighted by Crippen LogP contribution is -2.23. The highest BCUT2D eigenvalue weighted by Gasteiger charge is 2.24. The zero-order valence-electron chi connectivity index (χ0n) is 15.9. The fourth-order valence-electron chi connectivity index (χ4n) is 3.90. The van der Waals surface area contributed by atoms with Crippen molar-refractivity contribution < 1.29 is 5.11 Å². The molecule has 0 bridgehead atoms. The molecule has 0 radical (unpaired) electrons. The van der Waals surface area contributed by atoms with E-state index in [1.807, 2.05) is 46.0 Å². The lowest BCUT2D eigenvalue weighted by molar-refractivity contribution is 0.198. The molecule has 7 nitrogen and oxygen atoms in total. The monoisotopic (exact) mass is 416 g/mol. The Bertz CT molecular complexity index is 1280. The molecule has 0 saturated carbocycles. The molecule has 1 saturated heterocycles. The number of hydrogen-bond acceptors (Lipinski definition) is 6. The zero-order chi connectivity index (χ0) is 20.7. The summed E-state index contributed by atoms with van der Waals surface area (Å²) in [5.74, 6) is 0.590. The number of fused-ring (bicyclic) bond motifs is 1. The van der Waals surface area contributed by atoms with Crippen molar-refractivity contribution in [3.63, 3.8) is 0 Å². The summed E-state index contributed by atoms with van der Waals surface area (Å²) in [6, 6.07) is 13.9. The molecule has 0 unspecified atom stereocenters. The molecule has 8 heteroatoms. The zero-order valence-corrected chi connectivity index (χ0v) is 16.7. The maximum absolute atomic E-state index is 9.83. The van der Waals surface area contributed by atoms with Crippen LogP contribution in [0.25, 0.3) is 27.8 Å². The van der Waals surface area contributed by atoms with Gasteiger partial charge in [-0.3, -0.25) is 0 Å². The van der Waals surface area contributed by atoms with Crippen LogP contribution in [0.2, 0.25) is 5.15 Å². The number of aliphatic hydroxyl groups is 1. The van der Waals surface area contributed by atoms with Crippen molar-refractivity contribution in [3.8, 4) is 22.9 Å². The standard InChI is InChI=1S/C22H17ClN6O/c23-20-19-18(12-29(22(19)27-13-26-20)16-4-2-1-3-5-16)15-8-14(9-24)21(25-10-15)28-7-6-17(30)11-28/h1-5,8,10,12-13,17,30H,6-7,11H2/t17-/m0/s1. The van der Waals surface area contributed by atoms with Crippen LogP contribution in [0.1, 0.15) is 12.0 Å². The Kier molecular flexibility index (Phi) is 4.58. The number of hydrogen-bond donors (Lipinski definition) is 1. The van der Waals surface area contributed by atoms with E-state index in [1.165, 1.54) is 6.33 Å². The Morgan fingerprint density at radius 2 is 2.00 bits per heavy atom. The first kappa shape index (κ1) is 18.6. The second-order valence-electron chi connectivity index (χ2n) is 7.21. The van der Waals surface area contributed by atoms with Crippen molar-refractivity contribution in [2.75, 3.05) is 18.0 Å². The molecule has 1 aromatic carbocycles. The molecule has 1 fully saturated rings. The molecule has 1 atom stereocenters. The number of anilines is 1. The maximum atomic E-state index is 9.83. The van der Waals surface area contributed by atoms with Crippen LogP contribution in [0.15, 0.2) is 55.1 Å². The van der Waals surface area contributed by atoms with Gasteiger partial charge in [-0.05, 0) is 24.6 Å². The molecule has 1 aliphatic heterocycles. The van der Waals surface area contributed by atoms with Crippen molar-refractivity contribution >= 4 is 28.5 Å². The summed E-state index contributed by atoms with van der Waals surface area (Å²) < 4.78 is 1.95. The minimum absolute atomic E-state index is 0.343. The summed E-state index contributed by atoms with van der Waals surface area (Å²) in [7, 11) is 0. The third-order valence-corrected chi connectivity index (χ3v) is 5.62. The van der Waals surface area contributed by atoms with Crippen LogP contribution >= 0.6 is 11.6 Å². The first-order chi connectivity index (χ1) is 14.7. The molecule has 0 aliphatic carbocycles. The van der Waals surface area contributed by atoms with E-state index in [0.717, 1.165) is 16.8 Å². The van der Waals surface area contributed by atoms with Crippen molar-refractivity contribution in [2.45, 2.75) is 12.5 Å². The topological polar surface area (TPSA) is 90.9 Å². The van der Waals surface area contributed by atoms with Gasteiger partial charge >= 0.3 is 0 Å². The first-order valence-electron chi connectivity index (χ1n) is 9.56. The van der Waals surface area contributed by atoms with Gasteiger partial charge in [-0.25, -0.2) is 15.0 Å². The predicted molar refractivity (Wildman–Crippen MR) is 115 cm³/mol. The van der Waals surface area contributed by atoms with Gasteiger partial charge in [0, 0.05) is 42.3 Å². The highest BCUT2D eigenvalue weighted by molar-refractivity contribution is 6.35. The van der Waals surface area contributed by atoms with Crippen LogP contribution in [0, 0.1) is 11.3 Å². The van der Waals surface area contributed by atoms with Gasteiger partial charge in [-0.15, -0.1) is 0 Å². The molecular formula is C22H17ClN6O. The van der Waals surface area contributed by atoms with Gasteiger partial charge < -0.3 is 14.6 Å². The number of nitriles is 1. The Balaban J connectivity index is 1.68. The van der Waals surface area contributed by atoms with E-state index in [-0.39, 0.29) is 0 Å². The number of benzene rings is 1. The highest BCUT2D eigenvalue weighted by atomic mass is 35.5. The molecule has 3 aromatic heterocycles. The van der Waals surface area contributed by atoms with Gasteiger partial charge in [0.05, 0.1) is 17.1 Å². The van der Waals surface area contributed by atoms with E-state index >= 15 is 0 Å². The van der Waals surface area contributed by atoms with Crippen LogP contribution in [0.4, 0.5) is 5.82 Å². The molecule has 148 valence electrons. The molecule has 30 heavy (non-hydrogen) atoms. The molecule has 1 aliphatic rings. The number of aromatic nitrogens is 4. The molecular weight excluding hydrogens is 400 g/mol. The van der Waals surface area contributed by atoms with Gasteiger partial charge in [0.25, 0.3) is 0 Å². The number of rotatable bonds is 3.